The average molecular weight is 304 g/mol. The van der Waals surface area contributed by atoms with Crippen LogP contribution in [0.1, 0.15) is 23.0 Å². The van der Waals surface area contributed by atoms with E-state index in [1.54, 1.807) is 6.07 Å². The molecule has 0 spiro atoms. The normalized spacial score (nSPS) is 28.3. The van der Waals surface area contributed by atoms with Crippen LogP contribution in [0.2, 0.25) is 0 Å². The third-order valence-electron chi connectivity index (χ3n) is 4.71. The molecule has 2 aliphatic rings. The summed E-state index contributed by atoms with van der Waals surface area (Å²) in [6.45, 7) is 4.03. The number of fused-ring (bicyclic) bond motifs is 2. The topological polar surface area (TPSA) is 32.3 Å². The van der Waals surface area contributed by atoms with E-state index in [1.165, 1.54) is 23.5 Å². The Balaban J connectivity index is 1.69. The fraction of sp³-hybridized carbons (Fsp3) is 0.438. The molecule has 0 bridgehead atoms. The fourth-order valence-electron chi connectivity index (χ4n) is 3.75. The molecule has 2 aliphatic heterocycles. The van der Waals surface area contributed by atoms with E-state index in [0.717, 1.165) is 34.5 Å². The predicted octanol–water partition coefficient (Wildman–Crippen LogP) is 2.86. The molecule has 0 aliphatic carbocycles. The maximum Gasteiger partial charge on any atom is 0.264 e. The van der Waals surface area contributed by atoms with Gasteiger partial charge in [-0.2, -0.15) is 0 Å². The molecule has 1 N–H and O–H groups in total. The molecule has 2 saturated heterocycles. The van der Waals surface area contributed by atoms with Gasteiger partial charge in [0.25, 0.3) is 5.91 Å². The minimum Gasteiger partial charge on any atom is -0.331 e. The van der Waals surface area contributed by atoms with Crippen molar-refractivity contribution in [1.82, 2.24) is 10.2 Å². The summed E-state index contributed by atoms with van der Waals surface area (Å²) in [6.07, 6.45) is 1.07. The Morgan fingerprint density at radius 1 is 1.38 bits per heavy atom. The lowest BCUT2D eigenvalue weighted by molar-refractivity contribution is 0.0687. The number of hydrogen-bond acceptors (Lipinski definition) is 3. The number of nitrogens with one attached hydrogen (secondary N) is 1. The quantitative estimate of drug-likeness (QED) is 0.878. The lowest BCUT2D eigenvalue weighted by Gasteiger charge is -2.27. The molecule has 1 aromatic heterocycles. The van der Waals surface area contributed by atoms with Gasteiger partial charge in [0.1, 0.15) is 5.82 Å². The smallest absolute Gasteiger partial charge is 0.264 e. The van der Waals surface area contributed by atoms with Gasteiger partial charge in [-0.1, -0.05) is 6.07 Å². The monoisotopic (exact) mass is 304 g/mol. The van der Waals surface area contributed by atoms with Gasteiger partial charge in [-0.05, 0) is 42.8 Å². The van der Waals surface area contributed by atoms with Gasteiger partial charge >= 0.3 is 0 Å². The number of halogens is 1. The van der Waals surface area contributed by atoms with Crippen molar-refractivity contribution in [3.63, 3.8) is 0 Å². The van der Waals surface area contributed by atoms with Gasteiger partial charge in [0.2, 0.25) is 0 Å². The van der Waals surface area contributed by atoms with Crippen molar-refractivity contribution in [3.05, 3.63) is 35.0 Å². The summed E-state index contributed by atoms with van der Waals surface area (Å²) in [5.74, 6) is 0.425. The lowest BCUT2D eigenvalue weighted by atomic mass is 10.0. The van der Waals surface area contributed by atoms with Crippen LogP contribution in [0.25, 0.3) is 10.1 Å². The van der Waals surface area contributed by atoms with E-state index in [4.69, 9.17) is 0 Å². The lowest BCUT2D eigenvalue weighted by Crippen LogP contribution is -2.42. The van der Waals surface area contributed by atoms with Crippen LogP contribution < -0.4 is 5.32 Å². The van der Waals surface area contributed by atoms with Crippen LogP contribution in [-0.2, 0) is 0 Å². The van der Waals surface area contributed by atoms with Gasteiger partial charge in [-0.15, -0.1) is 11.3 Å². The van der Waals surface area contributed by atoms with Gasteiger partial charge in [-0.25, -0.2) is 4.39 Å². The highest BCUT2D eigenvalue weighted by molar-refractivity contribution is 7.20. The molecule has 1 aromatic carbocycles. The van der Waals surface area contributed by atoms with Crippen molar-refractivity contribution >= 4 is 27.3 Å². The Morgan fingerprint density at radius 3 is 3.10 bits per heavy atom. The number of thiophene rings is 1. The van der Waals surface area contributed by atoms with Crippen LogP contribution in [-0.4, -0.2) is 36.0 Å². The highest BCUT2D eigenvalue weighted by atomic mass is 32.1. The van der Waals surface area contributed by atoms with E-state index >= 15 is 0 Å². The van der Waals surface area contributed by atoms with Crippen molar-refractivity contribution in [1.29, 1.82) is 0 Å². The largest absolute Gasteiger partial charge is 0.331 e. The minimum absolute atomic E-state index is 0.0975. The number of nitrogens with zero attached hydrogens (tertiary/aromatic N) is 1. The third-order valence-corrected chi connectivity index (χ3v) is 5.79. The molecule has 0 radical (unpaired) electrons. The van der Waals surface area contributed by atoms with Crippen LogP contribution in [0.15, 0.2) is 24.3 Å². The van der Waals surface area contributed by atoms with Gasteiger partial charge in [0.15, 0.2) is 0 Å². The van der Waals surface area contributed by atoms with Crippen molar-refractivity contribution < 1.29 is 9.18 Å². The predicted molar refractivity (Wildman–Crippen MR) is 82.2 cm³/mol. The zero-order chi connectivity index (χ0) is 14.6. The van der Waals surface area contributed by atoms with E-state index in [9.17, 15) is 9.18 Å². The van der Waals surface area contributed by atoms with E-state index in [1.807, 2.05) is 11.0 Å². The molecule has 21 heavy (non-hydrogen) atoms. The van der Waals surface area contributed by atoms with Crippen LogP contribution in [0, 0.1) is 11.7 Å². The fourth-order valence-corrected chi connectivity index (χ4v) is 4.78. The van der Waals surface area contributed by atoms with E-state index in [0.29, 0.717) is 12.0 Å². The first-order valence-electron chi connectivity index (χ1n) is 7.36. The molecule has 5 heteroatoms. The zero-order valence-electron chi connectivity index (χ0n) is 11.8. The zero-order valence-corrected chi connectivity index (χ0v) is 12.6. The van der Waals surface area contributed by atoms with Crippen LogP contribution in [0.4, 0.5) is 4.39 Å². The maximum absolute atomic E-state index is 13.3. The molecule has 3 heterocycles. The number of carbonyl (C=O) groups excluding carboxylic acids is 1. The molecule has 110 valence electrons. The summed E-state index contributed by atoms with van der Waals surface area (Å²) in [4.78, 5) is 15.6. The molecule has 3 atom stereocenters. The van der Waals surface area contributed by atoms with Gasteiger partial charge in [0.05, 0.1) is 4.88 Å². The molecule has 0 saturated carbocycles. The molecular weight excluding hydrogens is 287 g/mol. The summed E-state index contributed by atoms with van der Waals surface area (Å²) in [5, 5.41) is 4.32. The van der Waals surface area contributed by atoms with Gasteiger partial charge in [0, 0.05) is 29.9 Å². The second-order valence-electron chi connectivity index (χ2n) is 6.08. The molecule has 3 unspecified atom stereocenters. The number of carbonyl (C=O) groups is 1. The van der Waals surface area contributed by atoms with E-state index in [-0.39, 0.29) is 17.8 Å². The van der Waals surface area contributed by atoms with Crippen molar-refractivity contribution in [2.75, 3.05) is 13.1 Å². The summed E-state index contributed by atoms with van der Waals surface area (Å²) in [6, 6.07) is 7.18. The highest BCUT2D eigenvalue weighted by Crippen LogP contribution is 2.35. The SMILES string of the molecule is CC1CC2CNCC2N1C(=O)c1cc2ccc(F)cc2s1. The van der Waals surface area contributed by atoms with Crippen molar-refractivity contribution in [2.45, 2.75) is 25.4 Å². The van der Waals surface area contributed by atoms with Crippen LogP contribution >= 0.6 is 11.3 Å². The van der Waals surface area contributed by atoms with Crippen LogP contribution in [0.5, 0.6) is 0 Å². The Kier molecular flexibility index (Phi) is 3.01. The molecule has 4 rings (SSSR count). The number of benzene rings is 1. The second-order valence-corrected chi connectivity index (χ2v) is 7.16. The molecule has 1 amide bonds. The molecular formula is C16H17FN2OS. The highest BCUT2D eigenvalue weighted by Gasteiger charge is 2.44. The average Bonchev–Trinajstić information content (AvgIpc) is 3.10. The standard InChI is InChI=1S/C16H17FN2OS/c1-9-4-11-7-18-8-13(11)19(9)16(20)15-5-10-2-3-12(17)6-14(10)21-15/h2-3,5-6,9,11,13,18H,4,7-8H2,1H3. The molecule has 2 fully saturated rings. The first kappa shape index (κ1) is 13.2. The summed E-state index contributed by atoms with van der Waals surface area (Å²) in [7, 11) is 0. The summed E-state index contributed by atoms with van der Waals surface area (Å²) >= 11 is 1.39. The Morgan fingerprint density at radius 2 is 2.24 bits per heavy atom. The Labute approximate surface area is 126 Å². The number of rotatable bonds is 1. The number of hydrogen-bond donors (Lipinski definition) is 1. The van der Waals surface area contributed by atoms with Gasteiger partial charge < -0.3 is 10.2 Å². The molecule has 2 aromatic rings. The Bertz CT molecular complexity index is 713. The molecule has 3 nitrogen and oxygen atoms in total. The van der Waals surface area contributed by atoms with Crippen molar-refractivity contribution in [3.8, 4) is 0 Å². The number of likely N-dealkylation sites (tertiary alicyclic amines) is 1. The third kappa shape index (κ3) is 2.07. The maximum atomic E-state index is 13.3. The van der Waals surface area contributed by atoms with Crippen molar-refractivity contribution in [2.24, 2.45) is 5.92 Å². The number of amides is 1. The first-order valence-corrected chi connectivity index (χ1v) is 8.17. The van der Waals surface area contributed by atoms with E-state index < -0.39 is 0 Å². The van der Waals surface area contributed by atoms with E-state index in [2.05, 4.69) is 12.2 Å². The van der Waals surface area contributed by atoms with Crippen LogP contribution in [0.3, 0.4) is 0 Å². The second kappa shape index (κ2) is 4.78. The first-order chi connectivity index (χ1) is 10.1. The van der Waals surface area contributed by atoms with Gasteiger partial charge in [-0.3, -0.25) is 4.79 Å². The summed E-state index contributed by atoms with van der Waals surface area (Å²) in [5.41, 5.74) is 0. The Hall–Kier alpha value is -1.46. The minimum atomic E-state index is -0.252. The summed E-state index contributed by atoms with van der Waals surface area (Å²) < 4.78 is 14.1.